The van der Waals surface area contributed by atoms with E-state index >= 15 is 0 Å². The highest BCUT2D eigenvalue weighted by Crippen LogP contribution is 2.25. The van der Waals surface area contributed by atoms with Crippen molar-refractivity contribution in [2.75, 3.05) is 46.4 Å². The summed E-state index contributed by atoms with van der Waals surface area (Å²) in [6.07, 6.45) is 2.62. The van der Waals surface area contributed by atoms with Gasteiger partial charge in [0.05, 0.1) is 13.2 Å². The van der Waals surface area contributed by atoms with Crippen LogP contribution in [0.1, 0.15) is 34.9 Å². The van der Waals surface area contributed by atoms with Crippen molar-refractivity contribution in [1.82, 2.24) is 15.1 Å². The van der Waals surface area contributed by atoms with Crippen LogP contribution in [0.5, 0.6) is 0 Å². The molecule has 0 saturated carbocycles. The maximum atomic E-state index is 6.09. The molecule has 0 radical (unpaired) electrons. The summed E-state index contributed by atoms with van der Waals surface area (Å²) in [7, 11) is 1.89. The lowest BCUT2D eigenvalue weighted by atomic mass is 9.97. The van der Waals surface area contributed by atoms with Gasteiger partial charge >= 0.3 is 0 Å². The van der Waals surface area contributed by atoms with Gasteiger partial charge in [-0.15, -0.1) is 11.3 Å². The maximum Gasteiger partial charge on any atom is 0.193 e. The SMILES string of the molecule is CN=C(NCC1CCN(Cc2cccs2)CC1)N1CCOC(c2ccccc2C)C1. The van der Waals surface area contributed by atoms with Gasteiger partial charge in [-0.3, -0.25) is 9.89 Å². The Morgan fingerprint density at radius 2 is 2.00 bits per heavy atom. The Hall–Kier alpha value is -1.89. The summed E-state index contributed by atoms with van der Waals surface area (Å²) in [5.41, 5.74) is 2.58. The van der Waals surface area contributed by atoms with Crippen molar-refractivity contribution in [2.24, 2.45) is 10.9 Å². The van der Waals surface area contributed by atoms with Crippen molar-refractivity contribution in [3.8, 4) is 0 Å². The molecule has 2 saturated heterocycles. The molecule has 1 unspecified atom stereocenters. The number of morpholine rings is 1. The van der Waals surface area contributed by atoms with Gasteiger partial charge in [0.1, 0.15) is 6.10 Å². The molecule has 6 heteroatoms. The number of nitrogens with one attached hydrogen (secondary N) is 1. The first kappa shape index (κ1) is 21.3. The van der Waals surface area contributed by atoms with Crippen molar-refractivity contribution in [2.45, 2.75) is 32.4 Å². The zero-order chi connectivity index (χ0) is 20.8. The fourth-order valence-corrected chi connectivity index (χ4v) is 5.26. The molecule has 0 amide bonds. The van der Waals surface area contributed by atoms with E-state index in [4.69, 9.17) is 4.74 Å². The quantitative estimate of drug-likeness (QED) is 0.581. The predicted octanol–water partition coefficient (Wildman–Crippen LogP) is 3.92. The van der Waals surface area contributed by atoms with Gasteiger partial charge in [-0.25, -0.2) is 0 Å². The number of piperidine rings is 1. The van der Waals surface area contributed by atoms with Gasteiger partial charge in [-0.05, 0) is 61.3 Å². The van der Waals surface area contributed by atoms with Crippen LogP contribution >= 0.6 is 11.3 Å². The fourth-order valence-electron chi connectivity index (χ4n) is 4.52. The third kappa shape index (κ3) is 5.42. The number of likely N-dealkylation sites (tertiary alicyclic amines) is 1. The number of hydrogen-bond acceptors (Lipinski definition) is 4. The second kappa shape index (κ2) is 10.4. The summed E-state index contributed by atoms with van der Waals surface area (Å²) in [4.78, 5) is 11.0. The summed E-state index contributed by atoms with van der Waals surface area (Å²) in [6, 6.07) is 12.9. The molecule has 2 fully saturated rings. The number of aryl methyl sites for hydroxylation is 1. The topological polar surface area (TPSA) is 40.1 Å². The van der Waals surface area contributed by atoms with Gasteiger partial charge in [-0.1, -0.05) is 30.3 Å². The van der Waals surface area contributed by atoms with Gasteiger partial charge in [-0.2, -0.15) is 0 Å². The van der Waals surface area contributed by atoms with E-state index in [0.717, 1.165) is 44.7 Å². The monoisotopic (exact) mass is 426 g/mol. The van der Waals surface area contributed by atoms with Gasteiger partial charge in [0, 0.05) is 31.6 Å². The third-order valence-electron chi connectivity index (χ3n) is 6.33. The first-order valence-electron chi connectivity index (χ1n) is 11.1. The average molecular weight is 427 g/mol. The molecule has 2 aliphatic heterocycles. The lowest BCUT2D eigenvalue weighted by Crippen LogP contribution is -2.49. The number of ether oxygens (including phenoxy) is 1. The zero-order valence-corrected chi connectivity index (χ0v) is 19.0. The molecule has 1 aromatic carbocycles. The van der Waals surface area contributed by atoms with Crippen LogP contribution in [-0.4, -0.2) is 62.1 Å². The number of aliphatic imine (C=N–C) groups is 1. The normalized spacial score (nSPS) is 21.7. The highest BCUT2D eigenvalue weighted by atomic mass is 32.1. The van der Waals surface area contributed by atoms with E-state index in [1.165, 1.54) is 41.9 Å². The Balaban J connectivity index is 1.25. The van der Waals surface area contributed by atoms with E-state index < -0.39 is 0 Å². The van der Waals surface area contributed by atoms with Crippen molar-refractivity contribution in [3.63, 3.8) is 0 Å². The molecular formula is C24H34N4OS. The lowest BCUT2D eigenvalue weighted by Gasteiger charge is -2.37. The lowest BCUT2D eigenvalue weighted by molar-refractivity contribution is -0.00841. The van der Waals surface area contributed by atoms with Gasteiger partial charge in [0.2, 0.25) is 0 Å². The molecule has 162 valence electrons. The molecule has 1 N–H and O–H groups in total. The molecule has 0 aliphatic carbocycles. The van der Waals surface area contributed by atoms with E-state index in [-0.39, 0.29) is 6.10 Å². The van der Waals surface area contributed by atoms with Gasteiger partial charge in [0.15, 0.2) is 5.96 Å². The van der Waals surface area contributed by atoms with Crippen LogP contribution < -0.4 is 5.32 Å². The molecule has 1 aromatic heterocycles. The second-order valence-corrected chi connectivity index (χ2v) is 9.42. The standard InChI is InChI=1S/C24H34N4OS/c1-19-6-3-4-8-22(19)23-18-28(13-14-29-23)24(25-2)26-16-20-9-11-27(12-10-20)17-21-7-5-15-30-21/h3-8,15,20,23H,9-14,16-18H2,1-2H3,(H,25,26). The third-order valence-corrected chi connectivity index (χ3v) is 7.19. The number of guanidine groups is 1. The summed E-state index contributed by atoms with van der Waals surface area (Å²) in [6.45, 7) is 9.13. The molecular weight excluding hydrogens is 392 g/mol. The number of nitrogens with zero attached hydrogens (tertiary/aromatic N) is 3. The first-order chi connectivity index (χ1) is 14.7. The Morgan fingerprint density at radius 3 is 2.73 bits per heavy atom. The predicted molar refractivity (Wildman–Crippen MR) is 125 cm³/mol. The minimum Gasteiger partial charge on any atom is -0.370 e. The van der Waals surface area contributed by atoms with Gasteiger partial charge < -0.3 is 15.0 Å². The van der Waals surface area contributed by atoms with Crippen LogP contribution in [0.15, 0.2) is 46.8 Å². The van der Waals surface area contributed by atoms with E-state index in [0.29, 0.717) is 0 Å². The summed E-state index contributed by atoms with van der Waals surface area (Å²) in [5.74, 6) is 1.73. The molecule has 3 heterocycles. The van der Waals surface area contributed by atoms with Crippen LogP contribution in [0, 0.1) is 12.8 Å². The van der Waals surface area contributed by atoms with E-state index in [2.05, 4.69) is 68.8 Å². The largest absolute Gasteiger partial charge is 0.370 e. The second-order valence-electron chi connectivity index (χ2n) is 8.39. The Morgan fingerprint density at radius 1 is 1.17 bits per heavy atom. The van der Waals surface area contributed by atoms with Crippen LogP contribution in [0.4, 0.5) is 0 Å². The minimum absolute atomic E-state index is 0.110. The number of benzene rings is 1. The van der Waals surface area contributed by atoms with E-state index in [1.807, 2.05) is 18.4 Å². The average Bonchev–Trinajstić information content (AvgIpc) is 3.29. The van der Waals surface area contributed by atoms with Gasteiger partial charge in [0.25, 0.3) is 0 Å². The minimum atomic E-state index is 0.110. The Kier molecular flexibility index (Phi) is 7.42. The smallest absolute Gasteiger partial charge is 0.193 e. The summed E-state index contributed by atoms with van der Waals surface area (Å²) >= 11 is 1.86. The molecule has 0 bridgehead atoms. The van der Waals surface area contributed by atoms with Crippen LogP contribution in [0.25, 0.3) is 0 Å². The van der Waals surface area contributed by atoms with Crippen molar-refractivity contribution in [1.29, 1.82) is 0 Å². The Bertz CT molecular complexity index is 814. The van der Waals surface area contributed by atoms with Crippen LogP contribution in [-0.2, 0) is 11.3 Å². The number of hydrogen-bond donors (Lipinski definition) is 1. The van der Waals surface area contributed by atoms with E-state index in [1.54, 1.807) is 0 Å². The van der Waals surface area contributed by atoms with Crippen molar-refractivity contribution < 1.29 is 4.74 Å². The summed E-state index contributed by atoms with van der Waals surface area (Å²) in [5, 5.41) is 5.83. The highest BCUT2D eigenvalue weighted by Gasteiger charge is 2.26. The first-order valence-corrected chi connectivity index (χ1v) is 12.0. The molecule has 2 aromatic rings. The summed E-state index contributed by atoms with van der Waals surface area (Å²) < 4.78 is 6.09. The molecule has 5 nitrogen and oxygen atoms in total. The van der Waals surface area contributed by atoms with Crippen molar-refractivity contribution >= 4 is 17.3 Å². The molecule has 1 atom stereocenters. The number of thiophene rings is 1. The number of rotatable bonds is 5. The fraction of sp³-hybridized carbons (Fsp3) is 0.542. The van der Waals surface area contributed by atoms with Crippen LogP contribution in [0.3, 0.4) is 0 Å². The highest BCUT2D eigenvalue weighted by molar-refractivity contribution is 7.09. The van der Waals surface area contributed by atoms with Crippen molar-refractivity contribution in [3.05, 3.63) is 57.8 Å². The van der Waals surface area contributed by atoms with Crippen LogP contribution in [0.2, 0.25) is 0 Å². The van der Waals surface area contributed by atoms with E-state index in [9.17, 15) is 0 Å². The molecule has 2 aliphatic rings. The maximum absolute atomic E-state index is 6.09. The Labute approximate surface area is 184 Å². The molecule has 30 heavy (non-hydrogen) atoms. The molecule has 4 rings (SSSR count). The zero-order valence-electron chi connectivity index (χ0n) is 18.2. The molecule has 0 spiro atoms.